The van der Waals surface area contributed by atoms with E-state index in [4.69, 9.17) is 34.8 Å². The standard InChI is InChI=1S/C21H23Cl3N2O2/c1-13(2)25-21(28)14(3)26(12-15-7-9-16(22)10-8-15)20(27)11-17-18(23)5-4-6-19(17)24/h4-10,13-14H,11-12H2,1-3H3,(H,25,28)/t14-/m0/s1. The Morgan fingerprint density at radius 1 is 0.964 bits per heavy atom. The van der Waals surface area contributed by atoms with E-state index in [1.807, 2.05) is 26.0 Å². The van der Waals surface area contributed by atoms with Gasteiger partial charge in [-0.15, -0.1) is 0 Å². The molecule has 2 amide bonds. The topological polar surface area (TPSA) is 49.4 Å². The highest BCUT2D eigenvalue weighted by Gasteiger charge is 2.27. The largest absolute Gasteiger partial charge is 0.352 e. The first-order chi connectivity index (χ1) is 13.2. The number of hydrogen-bond donors (Lipinski definition) is 1. The van der Waals surface area contributed by atoms with E-state index in [9.17, 15) is 9.59 Å². The molecule has 1 N–H and O–H groups in total. The lowest BCUT2D eigenvalue weighted by atomic mass is 10.1. The van der Waals surface area contributed by atoms with Gasteiger partial charge < -0.3 is 10.2 Å². The van der Waals surface area contributed by atoms with Crippen LogP contribution in [-0.4, -0.2) is 28.8 Å². The maximum atomic E-state index is 13.1. The number of carbonyl (C=O) groups excluding carboxylic acids is 2. The SMILES string of the molecule is CC(C)NC(=O)[C@H](C)N(Cc1ccc(Cl)cc1)C(=O)Cc1c(Cl)cccc1Cl. The number of nitrogens with one attached hydrogen (secondary N) is 1. The third-order valence-corrected chi connectivity index (χ3v) is 5.21. The summed E-state index contributed by atoms with van der Waals surface area (Å²) in [6, 6.07) is 11.6. The number of carbonyl (C=O) groups is 2. The van der Waals surface area contributed by atoms with Crippen LogP contribution >= 0.6 is 34.8 Å². The van der Waals surface area contributed by atoms with Gasteiger partial charge in [0.15, 0.2) is 0 Å². The predicted octanol–water partition coefficient (Wildman–Crippen LogP) is 5.13. The number of rotatable bonds is 7. The van der Waals surface area contributed by atoms with Gasteiger partial charge in [-0.25, -0.2) is 0 Å². The monoisotopic (exact) mass is 440 g/mol. The van der Waals surface area contributed by atoms with Gasteiger partial charge in [-0.3, -0.25) is 9.59 Å². The van der Waals surface area contributed by atoms with Crippen LogP contribution in [0.1, 0.15) is 31.9 Å². The Balaban J connectivity index is 2.29. The van der Waals surface area contributed by atoms with Gasteiger partial charge in [-0.2, -0.15) is 0 Å². The third-order valence-electron chi connectivity index (χ3n) is 4.25. The molecule has 0 saturated carbocycles. The molecule has 28 heavy (non-hydrogen) atoms. The van der Waals surface area contributed by atoms with Crippen LogP contribution in [-0.2, 0) is 22.6 Å². The fourth-order valence-electron chi connectivity index (χ4n) is 2.73. The van der Waals surface area contributed by atoms with Crippen molar-refractivity contribution in [2.75, 3.05) is 0 Å². The minimum atomic E-state index is -0.660. The summed E-state index contributed by atoms with van der Waals surface area (Å²) in [6.45, 7) is 5.73. The van der Waals surface area contributed by atoms with Crippen LogP contribution in [0.3, 0.4) is 0 Å². The van der Waals surface area contributed by atoms with E-state index in [2.05, 4.69) is 5.32 Å². The van der Waals surface area contributed by atoms with Gasteiger partial charge in [0.1, 0.15) is 6.04 Å². The first-order valence-electron chi connectivity index (χ1n) is 8.96. The Kier molecular flexibility index (Phi) is 8.17. The van der Waals surface area contributed by atoms with Crippen molar-refractivity contribution in [2.24, 2.45) is 0 Å². The molecule has 0 radical (unpaired) electrons. The second-order valence-electron chi connectivity index (χ2n) is 6.86. The van der Waals surface area contributed by atoms with Crippen molar-refractivity contribution in [1.82, 2.24) is 10.2 Å². The lowest BCUT2D eigenvalue weighted by Gasteiger charge is -2.29. The summed E-state index contributed by atoms with van der Waals surface area (Å²) in [7, 11) is 0. The molecule has 1 atom stereocenters. The summed E-state index contributed by atoms with van der Waals surface area (Å²) in [5.41, 5.74) is 1.42. The van der Waals surface area contributed by atoms with Gasteiger partial charge in [-0.1, -0.05) is 53.0 Å². The van der Waals surface area contributed by atoms with E-state index in [0.717, 1.165) is 5.56 Å². The fourth-order valence-corrected chi connectivity index (χ4v) is 3.39. The van der Waals surface area contributed by atoms with Crippen molar-refractivity contribution >= 4 is 46.6 Å². The molecule has 0 unspecified atom stereocenters. The number of benzene rings is 2. The van der Waals surface area contributed by atoms with Crippen molar-refractivity contribution in [1.29, 1.82) is 0 Å². The van der Waals surface area contributed by atoms with Crippen LogP contribution in [0.15, 0.2) is 42.5 Å². The minimum Gasteiger partial charge on any atom is -0.352 e. The molecule has 0 aliphatic rings. The van der Waals surface area contributed by atoms with Gasteiger partial charge in [0, 0.05) is 27.7 Å². The van der Waals surface area contributed by atoms with Gasteiger partial charge in [0.2, 0.25) is 11.8 Å². The zero-order valence-electron chi connectivity index (χ0n) is 16.0. The van der Waals surface area contributed by atoms with Crippen LogP contribution in [0.4, 0.5) is 0 Å². The number of halogens is 3. The molecule has 2 rings (SSSR count). The van der Waals surface area contributed by atoms with E-state index in [0.29, 0.717) is 20.6 Å². The molecular weight excluding hydrogens is 419 g/mol. The summed E-state index contributed by atoms with van der Waals surface area (Å²) in [5, 5.41) is 4.31. The summed E-state index contributed by atoms with van der Waals surface area (Å²) in [6.07, 6.45) is 0.00535. The summed E-state index contributed by atoms with van der Waals surface area (Å²) >= 11 is 18.4. The molecule has 0 aliphatic heterocycles. The summed E-state index contributed by atoms with van der Waals surface area (Å²) in [4.78, 5) is 27.2. The highest BCUT2D eigenvalue weighted by Crippen LogP contribution is 2.26. The second kappa shape index (κ2) is 10.1. The average molecular weight is 442 g/mol. The molecule has 4 nitrogen and oxygen atoms in total. The number of nitrogens with zero attached hydrogens (tertiary/aromatic N) is 1. The Labute approximate surface area is 180 Å². The molecule has 150 valence electrons. The van der Waals surface area contributed by atoms with Gasteiger partial charge in [-0.05, 0) is 56.2 Å². The minimum absolute atomic E-state index is 0.00535. The van der Waals surface area contributed by atoms with E-state index in [1.54, 1.807) is 37.3 Å². The maximum Gasteiger partial charge on any atom is 0.242 e. The Morgan fingerprint density at radius 2 is 1.54 bits per heavy atom. The summed E-state index contributed by atoms with van der Waals surface area (Å²) in [5.74, 6) is -0.459. The highest BCUT2D eigenvalue weighted by atomic mass is 35.5. The van der Waals surface area contributed by atoms with Crippen LogP contribution < -0.4 is 5.32 Å². The molecule has 2 aromatic rings. The van der Waals surface area contributed by atoms with Gasteiger partial charge >= 0.3 is 0 Å². The van der Waals surface area contributed by atoms with E-state index >= 15 is 0 Å². The lowest BCUT2D eigenvalue weighted by molar-refractivity contribution is -0.140. The quantitative estimate of drug-likeness (QED) is 0.647. The van der Waals surface area contributed by atoms with E-state index in [1.165, 1.54) is 4.90 Å². The zero-order chi connectivity index (χ0) is 20.8. The van der Waals surface area contributed by atoms with Crippen molar-refractivity contribution in [3.63, 3.8) is 0 Å². The molecule has 0 fully saturated rings. The van der Waals surface area contributed by atoms with E-state index in [-0.39, 0.29) is 30.8 Å². The van der Waals surface area contributed by atoms with Crippen LogP contribution in [0.2, 0.25) is 15.1 Å². The maximum absolute atomic E-state index is 13.1. The normalized spacial score (nSPS) is 12.0. The van der Waals surface area contributed by atoms with Crippen LogP contribution in [0, 0.1) is 0 Å². The lowest BCUT2D eigenvalue weighted by Crippen LogP contribution is -2.49. The zero-order valence-corrected chi connectivity index (χ0v) is 18.3. The molecule has 0 aliphatic carbocycles. The number of amides is 2. The Bertz CT molecular complexity index is 818. The van der Waals surface area contributed by atoms with Crippen LogP contribution in [0.5, 0.6) is 0 Å². The highest BCUT2D eigenvalue weighted by molar-refractivity contribution is 6.36. The third kappa shape index (κ3) is 6.13. The van der Waals surface area contributed by atoms with E-state index < -0.39 is 6.04 Å². The second-order valence-corrected chi connectivity index (χ2v) is 8.12. The average Bonchev–Trinajstić information content (AvgIpc) is 2.63. The van der Waals surface area contributed by atoms with Crippen molar-refractivity contribution in [3.05, 3.63) is 68.7 Å². The molecule has 2 aromatic carbocycles. The smallest absolute Gasteiger partial charge is 0.242 e. The molecule has 0 saturated heterocycles. The molecule has 7 heteroatoms. The first-order valence-corrected chi connectivity index (χ1v) is 10.1. The molecule has 0 heterocycles. The Morgan fingerprint density at radius 3 is 2.07 bits per heavy atom. The molecule has 0 bridgehead atoms. The molecular formula is C21H23Cl3N2O2. The molecule has 0 aromatic heterocycles. The van der Waals surface area contributed by atoms with Gasteiger partial charge in [0.05, 0.1) is 6.42 Å². The van der Waals surface area contributed by atoms with Gasteiger partial charge in [0.25, 0.3) is 0 Å². The number of hydrogen-bond acceptors (Lipinski definition) is 2. The predicted molar refractivity (Wildman–Crippen MR) is 115 cm³/mol. The first kappa shape index (κ1) is 22.5. The molecule has 0 spiro atoms. The van der Waals surface area contributed by atoms with Crippen LogP contribution in [0.25, 0.3) is 0 Å². The Hall–Kier alpha value is -1.75. The van der Waals surface area contributed by atoms with Crippen molar-refractivity contribution < 1.29 is 9.59 Å². The van der Waals surface area contributed by atoms with Crippen molar-refractivity contribution in [2.45, 2.75) is 45.8 Å². The van der Waals surface area contributed by atoms with Crippen molar-refractivity contribution in [3.8, 4) is 0 Å². The summed E-state index contributed by atoms with van der Waals surface area (Å²) < 4.78 is 0. The fraction of sp³-hybridized carbons (Fsp3) is 0.333.